The monoisotopic (exact) mass is 317 g/mol. The van der Waals surface area contributed by atoms with Crippen LogP contribution in [0, 0.1) is 5.41 Å². The molecule has 0 bridgehead atoms. The molecule has 2 aliphatic rings. The Morgan fingerprint density at radius 1 is 1.38 bits per heavy atom. The van der Waals surface area contributed by atoms with E-state index in [1.807, 2.05) is 0 Å². The van der Waals surface area contributed by atoms with Crippen LogP contribution in [0.5, 0.6) is 0 Å². The summed E-state index contributed by atoms with van der Waals surface area (Å²) >= 11 is 0. The summed E-state index contributed by atoms with van der Waals surface area (Å²) in [6.45, 7) is 1.23. The zero-order chi connectivity index (χ0) is 14.6. The van der Waals surface area contributed by atoms with Crippen molar-refractivity contribution >= 4 is 24.2 Å². The molecular formula is C15H28ClN3O2. The highest BCUT2D eigenvalue weighted by molar-refractivity contribution is 5.85. The molecule has 2 fully saturated rings. The van der Waals surface area contributed by atoms with Crippen LogP contribution in [0.15, 0.2) is 0 Å². The van der Waals surface area contributed by atoms with Gasteiger partial charge in [-0.1, -0.05) is 19.3 Å². The summed E-state index contributed by atoms with van der Waals surface area (Å²) in [6, 6.07) is 0.101. The van der Waals surface area contributed by atoms with E-state index in [0.29, 0.717) is 25.9 Å². The third-order valence-electron chi connectivity index (χ3n) is 4.87. The van der Waals surface area contributed by atoms with Crippen LogP contribution in [-0.2, 0) is 9.59 Å². The van der Waals surface area contributed by atoms with E-state index in [0.717, 1.165) is 19.3 Å². The molecule has 0 radical (unpaired) electrons. The van der Waals surface area contributed by atoms with Crippen molar-refractivity contribution in [1.82, 2.24) is 10.2 Å². The van der Waals surface area contributed by atoms with Gasteiger partial charge in [-0.15, -0.1) is 12.4 Å². The van der Waals surface area contributed by atoms with E-state index in [2.05, 4.69) is 5.32 Å². The van der Waals surface area contributed by atoms with Gasteiger partial charge in [-0.25, -0.2) is 0 Å². The molecule has 1 saturated carbocycles. The van der Waals surface area contributed by atoms with E-state index in [9.17, 15) is 9.59 Å². The highest BCUT2D eigenvalue weighted by atomic mass is 35.5. The van der Waals surface area contributed by atoms with Crippen LogP contribution in [0.4, 0.5) is 0 Å². The molecule has 122 valence electrons. The fourth-order valence-corrected chi connectivity index (χ4v) is 3.50. The zero-order valence-corrected chi connectivity index (χ0v) is 13.7. The molecule has 6 heteroatoms. The maximum atomic E-state index is 12.3. The van der Waals surface area contributed by atoms with Crippen LogP contribution in [0.3, 0.4) is 0 Å². The topological polar surface area (TPSA) is 75.4 Å². The second-order valence-electron chi connectivity index (χ2n) is 6.52. The lowest BCUT2D eigenvalue weighted by molar-refractivity contribution is -0.134. The molecule has 0 aromatic rings. The normalized spacial score (nSPS) is 25.1. The average molecular weight is 318 g/mol. The van der Waals surface area contributed by atoms with Crippen LogP contribution in [0.1, 0.15) is 51.4 Å². The molecule has 21 heavy (non-hydrogen) atoms. The molecule has 1 atom stereocenters. The molecule has 5 nitrogen and oxygen atoms in total. The van der Waals surface area contributed by atoms with E-state index in [1.54, 1.807) is 11.9 Å². The molecule has 0 aromatic carbocycles. The Morgan fingerprint density at radius 3 is 2.62 bits per heavy atom. The Kier molecular flexibility index (Phi) is 6.94. The molecule has 2 rings (SSSR count). The van der Waals surface area contributed by atoms with Crippen LogP contribution in [-0.4, -0.2) is 42.9 Å². The highest BCUT2D eigenvalue weighted by Crippen LogP contribution is 2.38. The lowest BCUT2D eigenvalue weighted by Gasteiger charge is -2.37. The van der Waals surface area contributed by atoms with E-state index < -0.39 is 0 Å². The van der Waals surface area contributed by atoms with Gasteiger partial charge in [0.15, 0.2) is 0 Å². The maximum absolute atomic E-state index is 12.3. The van der Waals surface area contributed by atoms with Gasteiger partial charge in [-0.3, -0.25) is 9.59 Å². The summed E-state index contributed by atoms with van der Waals surface area (Å²) in [5.41, 5.74) is 5.94. The van der Waals surface area contributed by atoms with Gasteiger partial charge >= 0.3 is 0 Å². The molecule has 2 amide bonds. The standard InChI is InChI=1S/C15H27N3O2.ClH/c1-18-10-12(5-6-14(18)20)17-13(19)9-15(11-16)7-3-2-4-8-15;/h12H,2-11,16H2,1H3,(H,17,19);1H. The lowest BCUT2D eigenvalue weighted by atomic mass is 9.71. The molecule has 0 aromatic heterocycles. The number of likely N-dealkylation sites (tertiary alicyclic amines) is 1. The van der Waals surface area contributed by atoms with E-state index in [1.165, 1.54) is 19.3 Å². The largest absolute Gasteiger partial charge is 0.352 e. The Balaban J connectivity index is 0.00000220. The third kappa shape index (κ3) is 4.85. The summed E-state index contributed by atoms with van der Waals surface area (Å²) in [6.07, 6.45) is 7.60. The highest BCUT2D eigenvalue weighted by Gasteiger charge is 2.34. The van der Waals surface area contributed by atoms with E-state index >= 15 is 0 Å². The Hall–Kier alpha value is -0.810. The quantitative estimate of drug-likeness (QED) is 0.824. The lowest BCUT2D eigenvalue weighted by Crippen LogP contribution is -2.49. The molecule has 1 heterocycles. The number of nitrogens with zero attached hydrogens (tertiary/aromatic N) is 1. The smallest absolute Gasteiger partial charge is 0.222 e. The molecule has 3 N–H and O–H groups in total. The second kappa shape index (κ2) is 7.99. The summed E-state index contributed by atoms with van der Waals surface area (Å²) in [7, 11) is 1.79. The Labute approximate surface area is 133 Å². The van der Waals surface area contributed by atoms with E-state index in [-0.39, 0.29) is 35.7 Å². The van der Waals surface area contributed by atoms with Gasteiger partial charge in [-0.2, -0.15) is 0 Å². The number of piperidine rings is 1. The minimum Gasteiger partial charge on any atom is -0.352 e. The molecule has 1 unspecified atom stereocenters. The van der Waals surface area contributed by atoms with Crippen molar-refractivity contribution in [3.05, 3.63) is 0 Å². The first-order valence-corrected chi connectivity index (χ1v) is 7.78. The van der Waals surface area contributed by atoms with Crippen molar-refractivity contribution in [2.24, 2.45) is 11.1 Å². The van der Waals surface area contributed by atoms with Gasteiger partial charge in [-0.05, 0) is 31.2 Å². The molecule has 1 saturated heterocycles. The first kappa shape index (κ1) is 18.2. The number of nitrogens with two attached hydrogens (primary N) is 1. The second-order valence-corrected chi connectivity index (χ2v) is 6.52. The molecule has 1 aliphatic heterocycles. The number of hydrogen-bond donors (Lipinski definition) is 2. The summed E-state index contributed by atoms with van der Waals surface area (Å²) in [5.74, 6) is 0.270. The molecular weight excluding hydrogens is 290 g/mol. The van der Waals surface area contributed by atoms with Crippen LogP contribution in [0.2, 0.25) is 0 Å². The zero-order valence-electron chi connectivity index (χ0n) is 12.9. The molecule has 1 aliphatic carbocycles. The fraction of sp³-hybridized carbons (Fsp3) is 0.867. The number of carbonyl (C=O) groups excluding carboxylic acids is 2. The van der Waals surface area contributed by atoms with Crippen LogP contribution in [0.25, 0.3) is 0 Å². The van der Waals surface area contributed by atoms with Crippen molar-refractivity contribution in [2.45, 2.75) is 57.4 Å². The Morgan fingerprint density at radius 2 is 2.05 bits per heavy atom. The van der Waals surface area contributed by atoms with Crippen molar-refractivity contribution < 1.29 is 9.59 Å². The first-order chi connectivity index (χ1) is 9.54. The van der Waals surface area contributed by atoms with Crippen molar-refractivity contribution in [3.8, 4) is 0 Å². The van der Waals surface area contributed by atoms with Crippen molar-refractivity contribution in [3.63, 3.8) is 0 Å². The van der Waals surface area contributed by atoms with Crippen LogP contribution < -0.4 is 11.1 Å². The number of carbonyl (C=O) groups is 2. The number of rotatable bonds is 4. The van der Waals surface area contributed by atoms with Crippen LogP contribution >= 0.6 is 12.4 Å². The molecule has 0 spiro atoms. The van der Waals surface area contributed by atoms with Gasteiger partial charge < -0.3 is 16.0 Å². The summed E-state index contributed by atoms with van der Waals surface area (Å²) in [5, 5.41) is 3.09. The van der Waals surface area contributed by atoms with E-state index in [4.69, 9.17) is 5.73 Å². The Bertz CT molecular complexity index is 370. The van der Waals surface area contributed by atoms with Gasteiger partial charge in [0.25, 0.3) is 0 Å². The SMILES string of the molecule is CN1CC(NC(=O)CC2(CN)CCCCC2)CCC1=O.Cl. The number of nitrogens with one attached hydrogen (secondary N) is 1. The predicted octanol–water partition coefficient (Wildman–Crippen LogP) is 1.44. The van der Waals surface area contributed by atoms with Crippen molar-refractivity contribution in [1.29, 1.82) is 0 Å². The number of hydrogen-bond acceptors (Lipinski definition) is 3. The number of amides is 2. The average Bonchev–Trinajstić information content (AvgIpc) is 2.44. The summed E-state index contributed by atoms with van der Waals surface area (Å²) in [4.78, 5) is 25.4. The van der Waals surface area contributed by atoms with Gasteiger partial charge in [0.1, 0.15) is 0 Å². The predicted molar refractivity (Wildman–Crippen MR) is 85.2 cm³/mol. The van der Waals surface area contributed by atoms with Gasteiger partial charge in [0.05, 0.1) is 0 Å². The van der Waals surface area contributed by atoms with Gasteiger partial charge in [0.2, 0.25) is 11.8 Å². The third-order valence-corrected chi connectivity index (χ3v) is 4.87. The van der Waals surface area contributed by atoms with Crippen molar-refractivity contribution in [2.75, 3.05) is 20.1 Å². The summed E-state index contributed by atoms with van der Waals surface area (Å²) < 4.78 is 0. The maximum Gasteiger partial charge on any atom is 0.222 e. The first-order valence-electron chi connectivity index (χ1n) is 7.78. The van der Waals surface area contributed by atoms with Gasteiger partial charge in [0, 0.05) is 32.5 Å². The fourth-order valence-electron chi connectivity index (χ4n) is 3.50. The number of likely N-dealkylation sites (N-methyl/N-ethyl adjacent to an activating group) is 1. The minimum atomic E-state index is 0. The minimum absolute atomic E-state index is 0. The number of halogens is 1.